The van der Waals surface area contributed by atoms with Crippen LogP contribution in [-0.2, 0) is 4.79 Å². The minimum atomic E-state index is -0.572. The molecule has 1 saturated carbocycles. The highest BCUT2D eigenvalue weighted by molar-refractivity contribution is 5.79. The van der Waals surface area contributed by atoms with E-state index in [1.54, 1.807) is 0 Å². The number of nitrogens with zero attached hydrogens (tertiary/aromatic N) is 1. The lowest BCUT2D eigenvalue weighted by atomic mass is 9.77. The average Bonchev–Trinajstić information content (AvgIpc) is 2.39. The van der Waals surface area contributed by atoms with Gasteiger partial charge in [-0.2, -0.15) is 0 Å². The molecule has 3 nitrogen and oxygen atoms in total. The maximum absolute atomic E-state index is 11.8. The molecular formula is C14H25NO2. The normalized spacial score (nSPS) is 30.1. The molecule has 0 spiro atoms. The number of piperidine rings is 1. The first-order valence-corrected chi connectivity index (χ1v) is 7.21. The molecule has 0 aromatic rings. The lowest BCUT2D eigenvalue weighted by Crippen LogP contribution is -2.60. The van der Waals surface area contributed by atoms with Crippen molar-refractivity contribution in [3.8, 4) is 0 Å². The van der Waals surface area contributed by atoms with Gasteiger partial charge in [0.05, 0.1) is 0 Å². The number of aliphatic carboxylic acids is 1. The van der Waals surface area contributed by atoms with Crippen molar-refractivity contribution in [2.45, 2.75) is 76.3 Å². The molecule has 1 aliphatic carbocycles. The van der Waals surface area contributed by atoms with Gasteiger partial charge in [0.25, 0.3) is 0 Å². The van der Waals surface area contributed by atoms with E-state index in [1.807, 2.05) is 0 Å². The summed E-state index contributed by atoms with van der Waals surface area (Å²) in [6.45, 7) is 3.19. The van der Waals surface area contributed by atoms with E-state index in [-0.39, 0.29) is 0 Å². The molecule has 17 heavy (non-hydrogen) atoms. The molecule has 0 aromatic carbocycles. The number of carboxylic acid groups (broad SMARTS) is 1. The van der Waals surface area contributed by atoms with Gasteiger partial charge in [0.2, 0.25) is 0 Å². The third-order valence-corrected chi connectivity index (χ3v) is 4.73. The lowest BCUT2D eigenvalue weighted by molar-refractivity contribution is -0.158. The molecule has 1 N–H and O–H groups in total. The quantitative estimate of drug-likeness (QED) is 0.823. The van der Waals surface area contributed by atoms with Crippen LogP contribution in [0.3, 0.4) is 0 Å². The SMILES string of the molecule is CCC1CCCCN1C1(C(=O)O)CCCCC1. The molecular weight excluding hydrogens is 214 g/mol. The van der Waals surface area contributed by atoms with Crippen LogP contribution in [0.4, 0.5) is 0 Å². The van der Waals surface area contributed by atoms with Crippen LogP contribution in [0, 0.1) is 0 Å². The molecule has 1 aliphatic heterocycles. The van der Waals surface area contributed by atoms with Crippen LogP contribution in [0.25, 0.3) is 0 Å². The van der Waals surface area contributed by atoms with Gasteiger partial charge < -0.3 is 5.11 Å². The monoisotopic (exact) mass is 239 g/mol. The first kappa shape index (κ1) is 12.9. The standard InChI is InChI=1S/C14H25NO2/c1-2-12-8-4-7-11-15(12)14(13(16)17)9-5-3-6-10-14/h12H,2-11H2,1H3,(H,16,17). The number of hydrogen-bond acceptors (Lipinski definition) is 2. The van der Waals surface area contributed by atoms with Gasteiger partial charge in [-0.05, 0) is 38.6 Å². The van der Waals surface area contributed by atoms with Crippen molar-refractivity contribution in [2.75, 3.05) is 6.54 Å². The van der Waals surface area contributed by atoms with Crippen LogP contribution < -0.4 is 0 Å². The minimum Gasteiger partial charge on any atom is -0.480 e. The molecule has 2 fully saturated rings. The maximum Gasteiger partial charge on any atom is 0.324 e. The predicted octanol–water partition coefficient (Wildman–Crippen LogP) is 3.04. The molecule has 2 rings (SSSR count). The highest BCUT2D eigenvalue weighted by Gasteiger charge is 2.47. The minimum absolute atomic E-state index is 0.498. The van der Waals surface area contributed by atoms with Gasteiger partial charge in [-0.3, -0.25) is 9.69 Å². The zero-order chi connectivity index (χ0) is 12.3. The second-order valence-electron chi connectivity index (χ2n) is 5.65. The summed E-state index contributed by atoms with van der Waals surface area (Å²) >= 11 is 0. The Kier molecular flexibility index (Phi) is 4.08. The van der Waals surface area contributed by atoms with Crippen LogP contribution in [0.15, 0.2) is 0 Å². The third-order valence-electron chi connectivity index (χ3n) is 4.73. The van der Waals surface area contributed by atoms with Crippen LogP contribution >= 0.6 is 0 Å². The van der Waals surface area contributed by atoms with Crippen molar-refractivity contribution < 1.29 is 9.90 Å². The zero-order valence-corrected chi connectivity index (χ0v) is 11.0. The van der Waals surface area contributed by atoms with E-state index in [0.717, 1.165) is 38.6 Å². The molecule has 1 atom stereocenters. The Bertz CT molecular complexity index is 271. The Morgan fingerprint density at radius 3 is 2.53 bits per heavy atom. The summed E-state index contributed by atoms with van der Waals surface area (Å²) in [6.07, 6.45) is 9.81. The van der Waals surface area contributed by atoms with Crippen LogP contribution in [0.1, 0.15) is 64.7 Å². The van der Waals surface area contributed by atoms with Crippen molar-refractivity contribution >= 4 is 5.97 Å². The summed E-state index contributed by atoms with van der Waals surface area (Å²) in [5, 5.41) is 9.71. The Morgan fingerprint density at radius 1 is 1.24 bits per heavy atom. The van der Waals surface area contributed by atoms with Crippen molar-refractivity contribution in [3.63, 3.8) is 0 Å². The van der Waals surface area contributed by atoms with Crippen molar-refractivity contribution in [1.29, 1.82) is 0 Å². The summed E-state index contributed by atoms with van der Waals surface area (Å²) < 4.78 is 0. The predicted molar refractivity (Wildman–Crippen MR) is 68.1 cm³/mol. The summed E-state index contributed by atoms with van der Waals surface area (Å²) in [4.78, 5) is 14.1. The zero-order valence-electron chi connectivity index (χ0n) is 11.0. The van der Waals surface area contributed by atoms with Crippen LogP contribution in [-0.4, -0.2) is 34.1 Å². The number of carbonyl (C=O) groups is 1. The lowest BCUT2D eigenvalue weighted by Gasteiger charge is -2.49. The smallest absolute Gasteiger partial charge is 0.324 e. The molecule has 3 heteroatoms. The van der Waals surface area contributed by atoms with Crippen molar-refractivity contribution in [1.82, 2.24) is 4.90 Å². The molecule has 0 radical (unpaired) electrons. The molecule has 2 aliphatic rings. The van der Waals surface area contributed by atoms with E-state index in [1.165, 1.54) is 25.7 Å². The second-order valence-corrected chi connectivity index (χ2v) is 5.65. The van der Waals surface area contributed by atoms with Gasteiger partial charge in [-0.15, -0.1) is 0 Å². The van der Waals surface area contributed by atoms with Crippen LogP contribution in [0.2, 0.25) is 0 Å². The van der Waals surface area contributed by atoms with E-state index < -0.39 is 11.5 Å². The number of hydrogen-bond donors (Lipinski definition) is 1. The number of likely N-dealkylation sites (tertiary alicyclic amines) is 1. The maximum atomic E-state index is 11.8. The Balaban J connectivity index is 2.21. The summed E-state index contributed by atoms with van der Waals surface area (Å²) in [7, 11) is 0. The highest BCUT2D eigenvalue weighted by atomic mass is 16.4. The number of rotatable bonds is 3. The Hall–Kier alpha value is -0.570. The fourth-order valence-corrected chi connectivity index (χ4v) is 3.75. The van der Waals surface area contributed by atoms with Gasteiger partial charge in [0.1, 0.15) is 5.54 Å². The Labute approximate surface area is 104 Å². The topological polar surface area (TPSA) is 40.5 Å². The summed E-state index contributed by atoms with van der Waals surface area (Å²) in [5.74, 6) is -0.572. The van der Waals surface area contributed by atoms with E-state index in [0.29, 0.717) is 6.04 Å². The van der Waals surface area contributed by atoms with E-state index in [2.05, 4.69) is 11.8 Å². The highest BCUT2D eigenvalue weighted by Crippen LogP contribution is 2.38. The average molecular weight is 239 g/mol. The fraction of sp³-hybridized carbons (Fsp3) is 0.929. The van der Waals surface area contributed by atoms with Crippen molar-refractivity contribution in [3.05, 3.63) is 0 Å². The number of carboxylic acids is 1. The van der Waals surface area contributed by atoms with Crippen LogP contribution in [0.5, 0.6) is 0 Å². The summed E-state index contributed by atoms with van der Waals surface area (Å²) in [6, 6.07) is 0.498. The first-order chi connectivity index (χ1) is 8.20. The molecule has 98 valence electrons. The van der Waals surface area contributed by atoms with Gasteiger partial charge in [0.15, 0.2) is 0 Å². The molecule has 1 saturated heterocycles. The van der Waals surface area contributed by atoms with Crippen molar-refractivity contribution in [2.24, 2.45) is 0 Å². The van der Waals surface area contributed by atoms with E-state index >= 15 is 0 Å². The molecule has 0 bridgehead atoms. The van der Waals surface area contributed by atoms with Gasteiger partial charge in [0, 0.05) is 6.04 Å². The summed E-state index contributed by atoms with van der Waals surface area (Å²) in [5.41, 5.74) is -0.528. The largest absolute Gasteiger partial charge is 0.480 e. The molecule has 1 unspecified atom stereocenters. The second kappa shape index (κ2) is 5.38. The fourth-order valence-electron chi connectivity index (χ4n) is 3.75. The Morgan fingerprint density at radius 2 is 1.94 bits per heavy atom. The van der Waals surface area contributed by atoms with E-state index in [4.69, 9.17) is 0 Å². The molecule has 0 amide bonds. The van der Waals surface area contributed by atoms with Gasteiger partial charge in [-0.1, -0.05) is 32.6 Å². The van der Waals surface area contributed by atoms with E-state index in [9.17, 15) is 9.90 Å². The third kappa shape index (κ3) is 2.35. The first-order valence-electron chi connectivity index (χ1n) is 7.21. The molecule has 1 heterocycles. The molecule has 0 aromatic heterocycles. The van der Waals surface area contributed by atoms with Gasteiger partial charge >= 0.3 is 5.97 Å². The van der Waals surface area contributed by atoms with Gasteiger partial charge in [-0.25, -0.2) is 0 Å².